The number of hydrogen-bond acceptors (Lipinski definition) is 4. The van der Waals surface area contributed by atoms with Crippen molar-refractivity contribution < 1.29 is 23.1 Å². The molecule has 2 N–H and O–H groups in total. The summed E-state index contributed by atoms with van der Waals surface area (Å²) < 4.78 is 31.9. The molecular weight excluding hydrogens is 296 g/mol. The van der Waals surface area contributed by atoms with Crippen molar-refractivity contribution in [3.63, 3.8) is 0 Å². The van der Waals surface area contributed by atoms with Crippen molar-refractivity contribution in [1.82, 2.24) is 9.29 Å². The molecule has 0 aromatic carbocycles. The highest BCUT2D eigenvalue weighted by Crippen LogP contribution is 2.26. The lowest BCUT2D eigenvalue weighted by atomic mass is 10.2. The number of carboxylic acid groups (broad SMARTS) is 1. The van der Waals surface area contributed by atoms with E-state index in [0.717, 1.165) is 0 Å². The number of H-pyrrole nitrogens is 1. The molecule has 1 heterocycles. The van der Waals surface area contributed by atoms with Gasteiger partial charge in [0.1, 0.15) is 10.6 Å². The molecule has 0 amide bonds. The fourth-order valence-corrected chi connectivity index (χ4v) is 4.06. The van der Waals surface area contributed by atoms with Crippen molar-refractivity contribution >= 4 is 16.0 Å². The van der Waals surface area contributed by atoms with Crippen LogP contribution in [0.3, 0.4) is 0 Å². The maximum absolute atomic E-state index is 12.7. The van der Waals surface area contributed by atoms with Gasteiger partial charge in [-0.3, -0.25) is 0 Å². The molecular formula is C13H22N2O5S. The van der Waals surface area contributed by atoms with Gasteiger partial charge in [0, 0.05) is 31.0 Å². The number of nitrogens with zero attached hydrogens (tertiary/aromatic N) is 1. The monoisotopic (exact) mass is 318 g/mol. The minimum atomic E-state index is -3.75. The lowest BCUT2D eigenvalue weighted by Crippen LogP contribution is -2.34. The van der Waals surface area contributed by atoms with Gasteiger partial charge in [-0.05, 0) is 20.8 Å². The second-order valence-corrected chi connectivity index (χ2v) is 6.45. The number of sulfonamides is 1. The summed E-state index contributed by atoms with van der Waals surface area (Å²) in [6.07, 6.45) is 0. The first-order chi connectivity index (χ1) is 9.77. The number of likely N-dealkylation sites (N-methyl/N-ethyl adjacent to an activating group) is 1. The third kappa shape index (κ3) is 3.63. The topological polar surface area (TPSA) is 99.7 Å². The summed E-state index contributed by atoms with van der Waals surface area (Å²) in [4.78, 5) is 13.8. The number of aromatic amines is 1. The second kappa shape index (κ2) is 7.06. The molecule has 0 unspecified atom stereocenters. The van der Waals surface area contributed by atoms with Gasteiger partial charge in [0.15, 0.2) is 0 Å². The molecule has 0 radical (unpaired) electrons. The number of aryl methyl sites for hydroxylation is 1. The van der Waals surface area contributed by atoms with Crippen LogP contribution in [0.25, 0.3) is 0 Å². The minimum Gasteiger partial charge on any atom is -0.477 e. The van der Waals surface area contributed by atoms with Crippen LogP contribution in [0.1, 0.15) is 35.6 Å². The molecule has 1 aromatic rings. The van der Waals surface area contributed by atoms with E-state index < -0.39 is 16.0 Å². The van der Waals surface area contributed by atoms with Gasteiger partial charge in [-0.15, -0.1) is 0 Å². The zero-order valence-corrected chi connectivity index (χ0v) is 13.6. The van der Waals surface area contributed by atoms with Gasteiger partial charge in [0.25, 0.3) is 0 Å². The Morgan fingerprint density at radius 2 is 1.95 bits per heavy atom. The number of hydrogen-bond donors (Lipinski definition) is 2. The SMILES string of the molecule is CCOCCN(CC)S(=O)(=O)c1c(C)[nH]c(C(=O)O)c1C. The molecule has 0 saturated carbocycles. The highest BCUT2D eigenvalue weighted by Gasteiger charge is 2.30. The molecule has 120 valence electrons. The number of rotatable bonds is 8. The van der Waals surface area contributed by atoms with E-state index in [1.54, 1.807) is 13.8 Å². The standard InChI is InChI=1S/C13H22N2O5S/c1-5-15(7-8-20-6-2)21(18,19)12-9(3)11(13(16)17)14-10(12)4/h14H,5-8H2,1-4H3,(H,16,17). The summed E-state index contributed by atoms with van der Waals surface area (Å²) in [5.41, 5.74) is 0.474. The average Bonchev–Trinajstić information content (AvgIpc) is 2.70. The Hall–Kier alpha value is -1.38. The number of carboxylic acids is 1. The Kier molecular flexibility index (Phi) is 5.94. The Balaban J connectivity index is 3.20. The number of ether oxygens (including phenoxy) is 1. The van der Waals surface area contributed by atoms with Crippen LogP contribution in [0.2, 0.25) is 0 Å². The molecule has 1 aromatic heterocycles. The normalized spacial score (nSPS) is 12.0. The van der Waals surface area contributed by atoms with Crippen LogP contribution >= 0.6 is 0 Å². The van der Waals surface area contributed by atoms with E-state index in [-0.39, 0.29) is 22.7 Å². The lowest BCUT2D eigenvalue weighted by molar-refractivity contribution is 0.0690. The van der Waals surface area contributed by atoms with Crippen molar-refractivity contribution in [2.45, 2.75) is 32.6 Å². The van der Waals surface area contributed by atoms with Gasteiger partial charge in [-0.25, -0.2) is 13.2 Å². The minimum absolute atomic E-state index is 0.0400. The number of carbonyl (C=O) groups is 1. The highest BCUT2D eigenvalue weighted by atomic mass is 32.2. The Bertz CT molecular complexity index is 606. The van der Waals surface area contributed by atoms with Gasteiger partial charge < -0.3 is 14.8 Å². The first-order valence-electron chi connectivity index (χ1n) is 6.77. The molecule has 0 saturated heterocycles. The molecule has 8 heteroatoms. The van der Waals surface area contributed by atoms with E-state index >= 15 is 0 Å². The average molecular weight is 318 g/mol. The Morgan fingerprint density at radius 1 is 1.33 bits per heavy atom. The molecule has 0 aliphatic carbocycles. The predicted octanol–water partition coefficient (Wildman–Crippen LogP) is 1.38. The van der Waals surface area contributed by atoms with Crippen LogP contribution in [0, 0.1) is 13.8 Å². The fourth-order valence-electron chi connectivity index (χ4n) is 2.22. The van der Waals surface area contributed by atoms with Crippen LogP contribution in [-0.4, -0.2) is 55.1 Å². The van der Waals surface area contributed by atoms with Crippen molar-refractivity contribution in [2.24, 2.45) is 0 Å². The van der Waals surface area contributed by atoms with Gasteiger partial charge in [0.05, 0.1) is 6.61 Å². The van der Waals surface area contributed by atoms with E-state index in [4.69, 9.17) is 9.84 Å². The zero-order valence-electron chi connectivity index (χ0n) is 12.8. The molecule has 0 aliphatic rings. The predicted molar refractivity (Wildman–Crippen MR) is 78.2 cm³/mol. The summed E-state index contributed by atoms with van der Waals surface area (Å²) in [6, 6.07) is 0. The van der Waals surface area contributed by atoms with Gasteiger partial charge >= 0.3 is 5.97 Å². The molecule has 0 aliphatic heterocycles. The summed E-state index contributed by atoms with van der Waals surface area (Å²) >= 11 is 0. The van der Waals surface area contributed by atoms with Crippen LogP contribution in [0.4, 0.5) is 0 Å². The molecule has 0 bridgehead atoms. The Morgan fingerprint density at radius 3 is 2.38 bits per heavy atom. The van der Waals surface area contributed by atoms with Crippen molar-refractivity contribution in [3.8, 4) is 0 Å². The van der Waals surface area contributed by atoms with Crippen molar-refractivity contribution in [3.05, 3.63) is 17.0 Å². The molecule has 0 fully saturated rings. The quantitative estimate of drug-likeness (QED) is 0.705. The molecule has 0 atom stereocenters. The second-order valence-electron chi connectivity index (χ2n) is 4.58. The maximum atomic E-state index is 12.7. The summed E-state index contributed by atoms with van der Waals surface area (Å²) in [5, 5.41) is 9.08. The molecule has 7 nitrogen and oxygen atoms in total. The van der Waals surface area contributed by atoms with Gasteiger partial charge in [-0.2, -0.15) is 4.31 Å². The van der Waals surface area contributed by atoms with Crippen LogP contribution in [-0.2, 0) is 14.8 Å². The van der Waals surface area contributed by atoms with Gasteiger partial charge in [0.2, 0.25) is 10.0 Å². The maximum Gasteiger partial charge on any atom is 0.352 e. The van der Waals surface area contributed by atoms with Crippen LogP contribution in [0.5, 0.6) is 0 Å². The van der Waals surface area contributed by atoms with E-state index in [1.807, 2.05) is 6.92 Å². The largest absolute Gasteiger partial charge is 0.477 e. The van der Waals surface area contributed by atoms with Crippen LogP contribution < -0.4 is 0 Å². The van der Waals surface area contributed by atoms with E-state index in [2.05, 4.69) is 4.98 Å². The lowest BCUT2D eigenvalue weighted by Gasteiger charge is -2.20. The Labute approximate surface area is 125 Å². The van der Waals surface area contributed by atoms with E-state index in [9.17, 15) is 13.2 Å². The third-order valence-corrected chi connectivity index (χ3v) is 5.47. The first-order valence-corrected chi connectivity index (χ1v) is 8.21. The fraction of sp³-hybridized carbons (Fsp3) is 0.615. The molecule has 0 spiro atoms. The zero-order chi connectivity index (χ0) is 16.2. The summed E-state index contributed by atoms with van der Waals surface area (Å²) in [7, 11) is -3.75. The first kappa shape index (κ1) is 17.7. The number of nitrogens with one attached hydrogen (secondary N) is 1. The third-order valence-electron chi connectivity index (χ3n) is 3.22. The number of aromatic carboxylic acids is 1. The van der Waals surface area contributed by atoms with E-state index in [1.165, 1.54) is 11.2 Å². The summed E-state index contributed by atoms with van der Waals surface area (Å²) in [6.45, 7) is 7.98. The smallest absolute Gasteiger partial charge is 0.352 e. The highest BCUT2D eigenvalue weighted by molar-refractivity contribution is 7.89. The van der Waals surface area contributed by atoms with Crippen LogP contribution in [0.15, 0.2) is 4.90 Å². The summed E-state index contributed by atoms with van der Waals surface area (Å²) in [5.74, 6) is -1.17. The van der Waals surface area contributed by atoms with Crippen molar-refractivity contribution in [1.29, 1.82) is 0 Å². The molecule has 1 rings (SSSR count). The van der Waals surface area contributed by atoms with Gasteiger partial charge in [-0.1, -0.05) is 6.92 Å². The number of aromatic nitrogens is 1. The van der Waals surface area contributed by atoms with E-state index in [0.29, 0.717) is 25.5 Å². The molecule has 21 heavy (non-hydrogen) atoms. The van der Waals surface area contributed by atoms with Crippen molar-refractivity contribution in [2.75, 3.05) is 26.3 Å².